The minimum Gasteiger partial charge on any atom is -0.497 e. The van der Waals surface area contributed by atoms with Gasteiger partial charge in [-0.2, -0.15) is 0 Å². The standard InChI is InChI=1S/C26H16N2O5S/c1-33-17-13-11-16(12-14-17)28-25(32)21(20-22(29)18-9-5-6-10-19(18)23(20)30)24(31)27(26(28)34)15-7-3-2-4-8-15/h2-14H,1H3. The zero-order valence-corrected chi connectivity index (χ0v) is 18.7. The van der Waals surface area contributed by atoms with E-state index in [9.17, 15) is 19.2 Å². The monoisotopic (exact) mass is 468 g/mol. The third-order valence-corrected chi connectivity index (χ3v) is 6.05. The van der Waals surface area contributed by atoms with E-state index in [1.165, 1.54) is 19.2 Å². The highest BCUT2D eigenvalue weighted by molar-refractivity contribution is 7.81. The quantitative estimate of drug-likeness (QED) is 0.331. The first-order chi connectivity index (χ1) is 16.4. The zero-order chi connectivity index (χ0) is 24.0. The van der Waals surface area contributed by atoms with Crippen LogP contribution in [0, 0.1) is 0 Å². The number of para-hydroxylation sites is 1. The fourth-order valence-corrected chi connectivity index (χ4v) is 4.42. The summed E-state index contributed by atoms with van der Waals surface area (Å²) in [4.78, 5) is 56.0. The van der Waals surface area contributed by atoms with Crippen LogP contribution in [-0.2, 0) is 9.59 Å². The molecule has 0 radical (unpaired) electrons. The van der Waals surface area contributed by atoms with Crippen LogP contribution in [0.1, 0.15) is 20.7 Å². The number of fused-ring (bicyclic) bond motifs is 1. The minimum atomic E-state index is -0.836. The minimum absolute atomic E-state index is 0.0916. The molecule has 0 unspecified atom stereocenters. The highest BCUT2D eigenvalue weighted by atomic mass is 32.1. The van der Waals surface area contributed by atoms with Crippen molar-refractivity contribution in [3.05, 3.63) is 101 Å². The molecule has 1 fully saturated rings. The summed E-state index contributed by atoms with van der Waals surface area (Å²) >= 11 is 5.57. The van der Waals surface area contributed by atoms with Crippen molar-refractivity contribution in [1.82, 2.24) is 0 Å². The average molecular weight is 468 g/mol. The number of hydrogen-bond acceptors (Lipinski definition) is 6. The molecule has 2 amide bonds. The van der Waals surface area contributed by atoms with Crippen LogP contribution in [0.5, 0.6) is 5.75 Å². The second-order valence-electron chi connectivity index (χ2n) is 7.55. The van der Waals surface area contributed by atoms with Gasteiger partial charge in [0.1, 0.15) is 11.3 Å². The lowest BCUT2D eigenvalue weighted by molar-refractivity contribution is -0.121. The number of carbonyl (C=O) groups is 4. The molecule has 1 aliphatic heterocycles. The second-order valence-corrected chi connectivity index (χ2v) is 7.92. The Kier molecular flexibility index (Phi) is 5.14. The van der Waals surface area contributed by atoms with Gasteiger partial charge in [0.2, 0.25) is 0 Å². The highest BCUT2D eigenvalue weighted by Crippen LogP contribution is 2.35. The summed E-state index contributed by atoms with van der Waals surface area (Å²) in [6.45, 7) is 0. The number of ether oxygens (including phenoxy) is 1. The SMILES string of the molecule is COc1ccc(N2C(=O)C(=C3C(=O)c4ccccc4C3=O)C(=O)N(c3ccccc3)C2=S)cc1. The molecular formula is C26H16N2O5S. The molecular weight excluding hydrogens is 452 g/mol. The van der Waals surface area contributed by atoms with Gasteiger partial charge in [0.05, 0.1) is 24.1 Å². The van der Waals surface area contributed by atoms with Crippen molar-refractivity contribution in [2.45, 2.75) is 0 Å². The maximum atomic E-state index is 13.7. The fourth-order valence-electron chi connectivity index (χ4n) is 4.05. The lowest BCUT2D eigenvalue weighted by atomic mass is 9.98. The molecule has 166 valence electrons. The van der Waals surface area contributed by atoms with E-state index in [4.69, 9.17) is 17.0 Å². The number of methoxy groups -OCH3 is 1. The molecule has 34 heavy (non-hydrogen) atoms. The Balaban J connectivity index is 1.73. The molecule has 0 spiro atoms. The van der Waals surface area contributed by atoms with Crippen LogP contribution >= 0.6 is 12.2 Å². The number of ketones is 2. The van der Waals surface area contributed by atoms with Gasteiger partial charge >= 0.3 is 0 Å². The molecule has 5 rings (SSSR count). The van der Waals surface area contributed by atoms with Gasteiger partial charge in [-0.3, -0.25) is 29.0 Å². The molecule has 1 aliphatic carbocycles. The molecule has 1 heterocycles. The van der Waals surface area contributed by atoms with Crippen LogP contribution in [0.25, 0.3) is 0 Å². The van der Waals surface area contributed by atoms with E-state index in [2.05, 4.69) is 0 Å². The number of amides is 2. The van der Waals surface area contributed by atoms with Crippen molar-refractivity contribution in [1.29, 1.82) is 0 Å². The van der Waals surface area contributed by atoms with Crippen LogP contribution in [0.3, 0.4) is 0 Å². The van der Waals surface area contributed by atoms with Crippen molar-refractivity contribution in [2.24, 2.45) is 0 Å². The average Bonchev–Trinajstić information content (AvgIpc) is 3.10. The van der Waals surface area contributed by atoms with Crippen molar-refractivity contribution in [3.8, 4) is 5.75 Å². The molecule has 0 N–H and O–H groups in total. The summed E-state index contributed by atoms with van der Waals surface area (Å²) in [6, 6.07) is 21.3. The Morgan fingerprint density at radius 1 is 0.618 bits per heavy atom. The van der Waals surface area contributed by atoms with Crippen molar-refractivity contribution < 1.29 is 23.9 Å². The Labute approximate surface area is 199 Å². The molecule has 3 aromatic rings. The first kappa shape index (κ1) is 21.4. The predicted molar refractivity (Wildman–Crippen MR) is 129 cm³/mol. The van der Waals surface area contributed by atoms with Crippen molar-refractivity contribution >= 4 is 52.1 Å². The van der Waals surface area contributed by atoms with E-state index in [1.54, 1.807) is 66.7 Å². The molecule has 8 heteroatoms. The summed E-state index contributed by atoms with van der Waals surface area (Å²) in [5.74, 6) is -2.42. The first-order valence-electron chi connectivity index (χ1n) is 10.3. The molecule has 0 bridgehead atoms. The van der Waals surface area contributed by atoms with Crippen LogP contribution in [0.15, 0.2) is 90.0 Å². The number of hydrogen-bond donors (Lipinski definition) is 0. The number of Topliss-reactive ketones (excluding diaryl/α,β-unsaturated/α-hetero) is 2. The maximum Gasteiger partial charge on any atom is 0.271 e. The van der Waals surface area contributed by atoms with E-state index < -0.39 is 34.5 Å². The van der Waals surface area contributed by atoms with Crippen molar-refractivity contribution in [2.75, 3.05) is 16.9 Å². The molecule has 0 saturated carbocycles. The van der Waals surface area contributed by atoms with Crippen LogP contribution < -0.4 is 14.5 Å². The molecule has 2 aliphatic rings. The summed E-state index contributed by atoms with van der Waals surface area (Å²) in [5, 5.41) is -0.0916. The topological polar surface area (TPSA) is 84.0 Å². The smallest absolute Gasteiger partial charge is 0.271 e. The molecule has 0 aromatic heterocycles. The van der Waals surface area contributed by atoms with Crippen LogP contribution in [0.2, 0.25) is 0 Å². The number of thiocarbonyl (C=S) groups is 1. The molecule has 7 nitrogen and oxygen atoms in total. The fraction of sp³-hybridized carbons (Fsp3) is 0.0385. The van der Waals surface area contributed by atoms with Gasteiger partial charge in [0.15, 0.2) is 16.7 Å². The normalized spacial score (nSPS) is 15.9. The maximum absolute atomic E-state index is 13.7. The Morgan fingerprint density at radius 2 is 1.09 bits per heavy atom. The third-order valence-electron chi connectivity index (χ3n) is 5.68. The third kappa shape index (κ3) is 3.15. The molecule has 0 atom stereocenters. The second kappa shape index (κ2) is 8.17. The number of nitrogens with zero attached hydrogens (tertiary/aromatic N) is 2. The summed E-state index contributed by atoms with van der Waals surface area (Å²) < 4.78 is 5.18. The van der Waals surface area contributed by atoms with Gasteiger partial charge in [0, 0.05) is 11.1 Å². The van der Waals surface area contributed by atoms with Gasteiger partial charge in [-0.15, -0.1) is 0 Å². The number of anilines is 2. The zero-order valence-electron chi connectivity index (χ0n) is 17.8. The molecule has 1 saturated heterocycles. The Morgan fingerprint density at radius 3 is 1.59 bits per heavy atom. The summed E-state index contributed by atoms with van der Waals surface area (Å²) in [7, 11) is 1.51. The van der Waals surface area contributed by atoms with E-state index in [0.29, 0.717) is 17.1 Å². The van der Waals surface area contributed by atoms with Crippen molar-refractivity contribution in [3.63, 3.8) is 0 Å². The number of rotatable bonds is 3. The molecule has 3 aromatic carbocycles. The van der Waals surface area contributed by atoms with Gasteiger partial charge in [-0.05, 0) is 48.6 Å². The van der Waals surface area contributed by atoms with E-state index in [1.807, 2.05) is 0 Å². The van der Waals surface area contributed by atoms with Gasteiger partial charge in [0.25, 0.3) is 11.8 Å². The van der Waals surface area contributed by atoms with Gasteiger partial charge < -0.3 is 4.74 Å². The number of benzene rings is 3. The summed E-state index contributed by atoms with van der Waals surface area (Å²) in [6.07, 6.45) is 0. The van der Waals surface area contributed by atoms with Gasteiger partial charge in [-0.1, -0.05) is 42.5 Å². The lowest BCUT2D eigenvalue weighted by Gasteiger charge is -2.36. The van der Waals surface area contributed by atoms with Crippen LogP contribution in [0.4, 0.5) is 11.4 Å². The van der Waals surface area contributed by atoms with Crippen LogP contribution in [-0.4, -0.2) is 35.6 Å². The lowest BCUT2D eigenvalue weighted by Crippen LogP contribution is -2.57. The number of allylic oxidation sites excluding steroid dienone is 1. The van der Waals surface area contributed by atoms with E-state index in [-0.39, 0.29) is 16.2 Å². The van der Waals surface area contributed by atoms with E-state index in [0.717, 1.165) is 9.80 Å². The largest absolute Gasteiger partial charge is 0.497 e. The first-order valence-corrected chi connectivity index (χ1v) is 10.7. The van der Waals surface area contributed by atoms with Gasteiger partial charge in [-0.25, -0.2) is 0 Å². The summed E-state index contributed by atoms with van der Waals surface area (Å²) in [5.41, 5.74) is 0.115. The number of carbonyl (C=O) groups excluding carboxylic acids is 4. The van der Waals surface area contributed by atoms with E-state index >= 15 is 0 Å². The predicted octanol–water partition coefficient (Wildman–Crippen LogP) is 3.74. The highest BCUT2D eigenvalue weighted by Gasteiger charge is 2.47. The Hall–Kier alpha value is -4.43. The Bertz CT molecular complexity index is 1390.